The Balaban J connectivity index is 1.56. The average Bonchev–Trinajstić information content (AvgIpc) is 3.30. The molecule has 2 aliphatic heterocycles. The molecule has 0 aliphatic carbocycles. The minimum atomic E-state index is 0.192. The van der Waals surface area contributed by atoms with Gasteiger partial charge in [0, 0.05) is 18.4 Å². The number of H-pyrrole nitrogens is 1. The topological polar surface area (TPSA) is 54.0 Å². The van der Waals surface area contributed by atoms with Gasteiger partial charge in [-0.15, -0.1) is 16.9 Å². The Labute approximate surface area is 143 Å². The molecule has 23 heavy (non-hydrogen) atoms. The van der Waals surface area contributed by atoms with E-state index in [2.05, 4.69) is 56.8 Å². The van der Waals surface area contributed by atoms with Crippen molar-refractivity contribution in [2.24, 2.45) is 0 Å². The molecule has 0 spiro atoms. The standard InChI is InChI=1S/C16H18N4OS2/c1-2-8-23-16-17-15(18-19-16)20-6-9-22-14(20)12-3-4-13-11(10-12)5-7-21-13/h3-4,6,9-10,14H,2,5,7-8H2,1H3,(H,17,18,19). The molecular formula is C16H18N4OS2. The minimum Gasteiger partial charge on any atom is -0.493 e. The summed E-state index contributed by atoms with van der Waals surface area (Å²) >= 11 is 3.47. The predicted octanol–water partition coefficient (Wildman–Crippen LogP) is 3.96. The zero-order chi connectivity index (χ0) is 15.6. The maximum atomic E-state index is 5.60. The average molecular weight is 346 g/mol. The van der Waals surface area contributed by atoms with Crippen LogP contribution in [0.15, 0.2) is 35.0 Å². The second kappa shape index (κ2) is 6.49. The smallest absolute Gasteiger partial charge is 0.227 e. The van der Waals surface area contributed by atoms with Crippen LogP contribution in [0.4, 0.5) is 5.95 Å². The molecule has 1 unspecified atom stereocenters. The predicted molar refractivity (Wildman–Crippen MR) is 95.0 cm³/mol. The van der Waals surface area contributed by atoms with E-state index in [0.29, 0.717) is 0 Å². The fraction of sp³-hybridized carbons (Fsp3) is 0.375. The summed E-state index contributed by atoms with van der Waals surface area (Å²) < 4.78 is 5.60. The van der Waals surface area contributed by atoms with E-state index in [1.807, 2.05) is 0 Å². The molecule has 1 atom stereocenters. The van der Waals surface area contributed by atoms with Gasteiger partial charge in [-0.05, 0) is 35.1 Å². The van der Waals surface area contributed by atoms with Crippen molar-refractivity contribution in [2.75, 3.05) is 17.3 Å². The van der Waals surface area contributed by atoms with Gasteiger partial charge in [0.25, 0.3) is 0 Å². The third kappa shape index (κ3) is 2.95. The van der Waals surface area contributed by atoms with Gasteiger partial charge in [-0.2, -0.15) is 4.98 Å². The maximum Gasteiger partial charge on any atom is 0.227 e. The van der Waals surface area contributed by atoms with Crippen molar-refractivity contribution in [1.82, 2.24) is 15.2 Å². The van der Waals surface area contributed by atoms with Crippen LogP contribution in [0, 0.1) is 0 Å². The summed E-state index contributed by atoms with van der Waals surface area (Å²) in [5.41, 5.74) is 2.56. The monoisotopic (exact) mass is 346 g/mol. The Morgan fingerprint density at radius 3 is 3.35 bits per heavy atom. The first-order valence-corrected chi connectivity index (χ1v) is 9.69. The molecule has 2 aliphatic rings. The lowest BCUT2D eigenvalue weighted by Gasteiger charge is -2.22. The fourth-order valence-corrected chi connectivity index (χ4v) is 4.31. The Morgan fingerprint density at radius 1 is 1.48 bits per heavy atom. The Kier molecular flexibility index (Phi) is 4.22. The summed E-state index contributed by atoms with van der Waals surface area (Å²) in [6.07, 6.45) is 4.18. The van der Waals surface area contributed by atoms with E-state index in [1.54, 1.807) is 23.5 Å². The van der Waals surface area contributed by atoms with Gasteiger partial charge in [0.2, 0.25) is 11.1 Å². The molecule has 5 nitrogen and oxygen atoms in total. The molecule has 0 radical (unpaired) electrons. The highest BCUT2D eigenvalue weighted by Gasteiger charge is 2.27. The number of anilines is 1. The maximum absolute atomic E-state index is 5.60. The first kappa shape index (κ1) is 15.0. The van der Waals surface area contributed by atoms with Crippen LogP contribution in [0.25, 0.3) is 0 Å². The first-order valence-electron chi connectivity index (χ1n) is 7.76. The van der Waals surface area contributed by atoms with Crippen LogP contribution >= 0.6 is 23.5 Å². The number of thioether (sulfide) groups is 2. The highest BCUT2D eigenvalue weighted by atomic mass is 32.2. The summed E-state index contributed by atoms with van der Waals surface area (Å²) in [4.78, 5) is 6.76. The van der Waals surface area contributed by atoms with Gasteiger partial charge < -0.3 is 9.64 Å². The van der Waals surface area contributed by atoms with E-state index in [1.165, 1.54) is 11.1 Å². The normalized spacial score (nSPS) is 19.2. The van der Waals surface area contributed by atoms with Crippen molar-refractivity contribution in [3.63, 3.8) is 0 Å². The zero-order valence-corrected chi connectivity index (χ0v) is 14.5. The number of hydrogen-bond donors (Lipinski definition) is 1. The van der Waals surface area contributed by atoms with Gasteiger partial charge in [0.05, 0.1) is 6.61 Å². The molecule has 0 saturated carbocycles. The number of hydrogen-bond acceptors (Lipinski definition) is 6. The van der Waals surface area contributed by atoms with E-state index in [-0.39, 0.29) is 5.37 Å². The number of nitrogens with zero attached hydrogens (tertiary/aromatic N) is 3. The van der Waals surface area contributed by atoms with Gasteiger partial charge in [-0.1, -0.05) is 24.8 Å². The van der Waals surface area contributed by atoms with Crippen molar-refractivity contribution in [3.05, 3.63) is 40.9 Å². The molecule has 1 N–H and O–H groups in total. The van der Waals surface area contributed by atoms with Crippen molar-refractivity contribution in [1.29, 1.82) is 0 Å². The molecule has 3 heterocycles. The van der Waals surface area contributed by atoms with Crippen LogP contribution in [0.5, 0.6) is 5.75 Å². The van der Waals surface area contributed by atoms with Crippen LogP contribution in [0.1, 0.15) is 29.8 Å². The molecule has 0 fully saturated rings. The number of ether oxygens (including phenoxy) is 1. The third-order valence-corrected chi connectivity index (χ3v) is 5.90. The van der Waals surface area contributed by atoms with E-state index >= 15 is 0 Å². The van der Waals surface area contributed by atoms with Crippen molar-refractivity contribution in [3.8, 4) is 5.75 Å². The molecule has 1 aromatic heterocycles. The molecule has 0 saturated heterocycles. The van der Waals surface area contributed by atoms with Gasteiger partial charge in [0.1, 0.15) is 11.1 Å². The second-order valence-corrected chi connectivity index (χ2v) is 7.49. The molecule has 0 bridgehead atoms. The highest BCUT2D eigenvalue weighted by molar-refractivity contribution is 8.02. The molecule has 120 valence electrons. The highest BCUT2D eigenvalue weighted by Crippen LogP contribution is 2.42. The summed E-state index contributed by atoms with van der Waals surface area (Å²) in [5, 5.41) is 10.5. The number of nitrogens with one attached hydrogen (secondary N) is 1. The first-order chi connectivity index (χ1) is 11.3. The Morgan fingerprint density at radius 2 is 2.43 bits per heavy atom. The second-order valence-electron chi connectivity index (χ2n) is 5.44. The van der Waals surface area contributed by atoms with E-state index in [4.69, 9.17) is 4.74 Å². The SMILES string of the molecule is CCCSc1n[nH]c(N2C=CSC2c2ccc3c(c2)CCO3)n1. The quantitative estimate of drug-likeness (QED) is 0.827. The third-order valence-electron chi connectivity index (χ3n) is 3.81. The number of aromatic nitrogens is 3. The lowest BCUT2D eigenvalue weighted by molar-refractivity contribution is 0.357. The van der Waals surface area contributed by atoms with Crippen LogP contribution in [0.2, 0.25) is 0 Å². The summed E-state index contributed by atoms with van der Waals surface area (Å²) in [6.45, 7) is 2.95. The van der Waals surface area contributed by atoms with Gasteiger partial charge in [0.15, 0.2) is 0 Å². The Bertz CT molecular complexity index is 731. The van der Waals surface area contributed by atoms with Gasteiger partial charge in [-0.3, -0.25) is 0 Å². The lowest BCUT2D eigenvalue weighted by Crippen LogP contribution is -2.18. The number of fused-ring (bicyclic) bond motifs is 1. The largest absolute Gasteiger partial charge is 0.493 e. The van der Waals surface area contributed by atoms with Crippen molar-refractivity contribution in [2.45, 2.75) is 30.3 Å². The lowest BCUT2D eigenvalue weighted by atomic mass is 10.1. The summed E-state index contributed by atoms with van der Waals surface area (Å²) in [6, 6.07) is 6.48. The fourth-order valence-electron chi connectivity index (χ4n) is 2.71. The van der Waals surface area contributed by atoms with Crippen LogP contribution < -0.4 is 9.64 Å². The minimum absolute atomic E-state index is 0.192. The molecule has 0 amide bonds. The van der Waals surface area contributed by atoms with Crippen LogP contribution in [-0.2, 0) is 6.42 Å². The molecule has 2 aromatic rings. The van der Waals surface area contributed by atoms with Gasteiger partial charge in [-0.25, -0.2) is 5.10 Å². The molecule has 1 aromatic carbocycles. The number of aromatic amines is 1. The summed E-state index contributed by atoms with van der Waals surface area (Å²) in [5.74, 6) is 2.86. The van der Waals surface area contributed by atoms with E-state index < -0.39 is 0 Å². The summed E-state index contributed by atoms with van der Waals surface area (Å²) in [7, 11) is 0. The van der Waals surface area contributed by atoms with Crippen molar-refractivity contribution >= 4 is 29.5 Å². The number of rotatable bonds is 5. The van der Waals surface area contributed by atoms with Gasteiger partial charge >= 0.3 is 0 Å². The van der Waals surface area contributed by atoms with E-state index in [9.17, 15) is 0 Å². The van der Waals surface area contributed by atoms with Crippen LogP contribution in [-0.4, -0.2) is 27.5 Å². The molecule has 4 rings (SSSR count). The molecular weight excluding hydrogens is 328 g/mol. The zero-order valence-electron chi connectivity index (χ0n) is 12.9. The van der Waals surface area contributed by atoms with E-state index in [0.717, 1.165) is 42.1 Å². The Hall–Kier alpha value is -1.60. The molecule has 7 heteroatoms. The van der Waals surface area contributed by atoms with Crippen LogP contribution in [0.3, 0.4) is 0 Å². The van der Waals surface area contributed by atoms with Crippen molar-refractivity contribution < 1.29 is 4.74 Å². The number of benzene rings is 1.